The van der Waals surface area contributed by atoms with Crippen LogP contribution in [-0.2, 0) is 22.4 Å². The van der Waals surface area contributed by atoms with Gasteiger partial charge in [-0.15, -0.1) is 0 Å². The molecule has 1 aliphatic rings. The summed E-state index contributed by atoms with van der Waals surface area (Å²) in [5.41, 5.74) is 7.52. The topological polar surface area (TPSA) is 188 Å². The van der Waals surface area contributed by atoms with E-state index in [1.807, 2.05) is 12.1 Å². The van der Waals surface area contributed by atoms with Crippen LogP contribution in [0.4, 0.5) is 11.8 Å². The average Bonchev–Trinajstić information content (AvgIpc) is 2.76. The molecule has 0 saturated heterocycles. The number of hydrogen-bond donors (Lipinski definition) is 6. The summed E-state index contributed by atoms with van der Waals surface area (Å²) >= 11 is 0. The fourth-order valence-corrected chi connectivity index (χ4v) is 3.89. The number of nitrogen functional groups attached to an aromatic ring is 1. The first-order chi connectivity index (χ1) is 15.6. The zero-order chi connectivity index (χ0) is 24.1. The number of aromatic hydroxyl groups is 1. The number of carboxylic acids is 2. The fourth-order valence-electron chi connectivity index (χ4n) is 3.89. The Morgan fingerprint density at radius 1 is 1.21 bits per heavy atom. The molecule has 11 heteroatoms. The van der Waals surface area contributed by atoms with Crippen LogP contribution in [0.1, 0.15) is 41.3 Å². The van der Waals surface area contributed by atoms with E-state index in [0.29, 0.717) is 29.9 Å². The lowest BCUT2D eigenvalue weighted by molar-refractivity contribution is -0.140. The van der Waals surface area contributed by atoms with Crippen molar-refractivity contribution in [3.63, 3.8) is 0 Å². The number of nitrogens with zero attached hydrogens (tertiary/aromatic N) is 2. The third-order valence-corrected chi connectivity index (χ3v) is 5.83. The van der Waals surface area contributed by atoms with Crippen molar-refractivity contribution in [2.24, 2.45) is 11.8 Å². The summed E-state index contributed by atoms with van der Waals surface area (Å²) in [5, 5.41) is 33.6. The summed E-state index contributed by atoms with van der Waals surface area (Å²) in [6.07, 6.45) is 0.795. The molecule has 2 aromatic rings. The lowest BCUT2D eigenvalue weighted by atomic mass is 9.82. The molecule has 2 unspecified atom stereocenters. The summed E-state index contributed by atoms with van der Waals surface area (Å²) in [6, 6.07) is 5.58. The summed E-state index contributed by atoms with van der Waals surface area (Å²) in [7, 11) is 0. The maximum Gasteiger partial charge on any atom is 0.326 e. The number of nitrogens with one attached hydrogen (secondary N) is 2. The van der Waals surface area contributed by atoms with E-state index in [0.717, 1.165) is 12.0 Å². The quantitative estimate of drug-likeness (QED) is 0.320. The van der Waals surface area contributed by atoms with E-state index in [1.54, 1.807) is 12.1 Å². The van der Waals surface area contributed by atoms with Gasteiger partial charge in [-0.2, -0.15) is 9.97 Å². The minimum Gasteiger partial charge on any atom is -0.493 e. The van der Waals surface area contributed by atoms with Crippen molar-refractivity contribution < 1.29 is 29.7 Å². The predicted molar refractivity (Wildman–Crippen MR) is 119 cm³/mol. The molecule has 1 aromatic heterocycles. The molecule has 3 rings (SSSR count). The van der Waals surface area contributed by atoms with Crippen LogP contribution in [0.3, 0.4) is 0 Å². The Labute approximate surface area is 190 Å². The van der Waals surface area contributed by atoms with Gasteiger partial charge in [0.25, 0.3) is 5.91 Å². The second-order valence-electron chi connectivity index (χ2n) is 8.25. The number of nitrogens with two attached hydrogens (primary N) is 1. The number of amides is 1. The molecule has 33 heavy (non-hydrogen) atoms. The first-order valence-electron chi connectivity index (χ1n) is 10.6. The van der Waals surface area contributed by atoms with E-state index in [-0.39, 0.29) is 36.5 Å². The Kier molecular flexibility index (Phi) is 7.31. The molecule has 1 aliphatic heterocycles. The zero-order valence-electron chi connectivity index (χ0n) is 18.1. The average molecular weight is 457 g/mol. The van der Waals surface area contributed by atoms with Gasteiger partial charge in [0.1, 0.15) is 11.9 Å². The molecule has 176 valence electrons. The first-order valence-corrected chi connectivity index (χ1v) is 10.6. The minimum atomic E-state index is -1.28. The van der Waals surface area contributed by atoms with Gasteiger partial charge < -0.3 is 31.7 Å². The van der Waals surface area contributed by atoms with E-state index < -0.39 is 23.9 Å². The van der Waals surface area contributed by atoms with Gasteiger partial charge in [0, 0.05) is 18.5 Å². The van der Waals surface area contributed by atoms with Crippen molar-refractivity contribution in [1.82, 2.24) is 15.3 Å². The van der Waals surface area contributed by atoms with Gasteiger partial charge in [-0.25, -0.2) is 4.79 Å². The Bertz CT molecular complexity index is 1040. The molecule has 0 bridgehead atoms. The van der Waals surface area contributed by atoms with E-state index in [1.165, 1.54) is 0 Å². The third-order valence-electron chi connectivity index (χ3n) is 5.83. The number of carboxylic acid groups (broad SMARTS) is 2. The van der Waals surface area contributed by atoms with Crippen molar-refractivity contribution in [2.75, 3.05) is 17.6 Å². The molecule has 11 nitrogen and oxygen atoms in total. The third kappa shape index (κ3) is 6.09. The lowest BCUT2D eigenvalue weighted by Crippen LogP contribution is -2.41. The Hall–Kier alpha value is -3.89. The monoisotopic (exact) mass is 457 g/mol. The highest BCUT2D eigenvalue weighted by Crippen LogP contribution is 2.33. The van der Waals surface area contributed by atoms with Gasteiger partial charge in [-0.1, -0.05) is 19.1 Å². The fraction of sp³-hybridized carbons (Fsp3) is 0.409. The number of aliphatic carboxylic acids is 2. The molecule has 0 radical (unpaired) electrons. The SMILES string of the molecule is CC(Cc1ccc(C(=O)N[C@@H](CCC(=O)O)C(=O)O)cc1)C1CNc2nc(N)nc(O)c2C1. The molecule has 2 heterocycles. The van der Waals surface area contributed by atoms with Gasteiger partial charge in [0.05, 0.1) is 5.56 Å². The molecular weight excluding hydrogens is 430 g/mol. The standard InChI is InChI=1S/C22H27N5O6/c1-11(14-9-15-18(24-10-14)26-22(23)27-20(15)31)8-12-2-4-13(5-3-12)19(30)25-16(21(32)33)6-7-17(28)29/h2-5,11,14,16H,6-10H2,1H3,(H,25,30)(H,28,29)(H,32,33)(H4,23,24,26,27,31)/t11?,14?,16-/m0/s1. The maximum absolute atomic E-state index is 12.4. The van der Waals surface area contributed by atoms with E-state index >= 15 is 0 Å². The van der Waals surface area contributed by atoms with Crippen molar-refractivity contribution in [3.05, 3.63) is 41.0 Å². The number of carbonyl (C=O) groups is 3. The largest absolute Gasteiger partial charge is 0.493 e. The smallest absolute Gasteiger partial charge is 0.326 e. The number of anilines is 2. The van der Waals surface area contributed by atoms with E-state index in [9.17, 15) is 24.6 Å². The van der Waals surface area contributed by atoms with Crippen LogP contribution in [0.2, 0.25) is 0 Å². The Morgan fingerprint density at radius 3 is 2.55 bits per heavy atom. The second-order valence-corrected chi connectivity index (χ2v) is 8.25. The zero-order valence-corrected chi connectivity index (χ0v) is 18.1. The Morgan fingerprint density at radius 2 is 1.91 bits per heavy atom. The van der Waals surface area contributed by atoms with Crippen LogP contribution in [0.25, 0.3) is 0 Å². The maximum atomic E-state index is 12.4. The minimum absolute atomic E-state index is 0.0194. The molecular formula is C22H27N5O6. The highest BCUT2D eigenvalue weighted by Gasteiger charge is 2.27. The van der Waals surface area contributed by atoms with E-state index in [4.69, 9.17) is 10.8 Å². The van der Waals surface area contributed by atoms with Gasteiger partial charge in [-0.05, 0) is 48.8 Å². The van der Waals surface area contributed by atoms with E-state index in [2.05, 4.69) is 27.5 Å². The number of fused-ring (bicyclic) bond motifs is 1. The van der Waals surface area contributed by atoms with Gasteiger partial charge in [-0.3, -0.25) is 9.59 Å². The van der Waals surface area contributed by atoms with Crippen molar-refractivity contribution in [2.45, 2.75) is 38.6 Å². The Balaban J connectivity index is 1.59. The van der Waals surface area contributed by atoms with Crippen LogP contribution in [0.5, 0.6) is 5.88 Å². The number of aromatic nitrogens is 2. The van der Waals surface area contributed by atoms with Crippen molar-refractivity contribution in [1.29, 1.82) is 0 Å². The number of hydrogen-bond acceptors (Lipinski definition) is 8. The van der Waals surface area contributed by atoms with Crippen LogP contribution in [0, 0.1) is 11.8 Å². The van der Waals surface area contributed by atoms with Crippen molar-refractivity contribution in [3.8, 4) is 5.88 Å². The molecule has 1 aromatic carbocycles. The highest BCUT2D eigenvalue weighted by atomic mass is 16.4. The van der Waals surface area contributed by atoms with Gasteiger partial charge in [0.2, 0.25) is 11.8 Å². The van der Waals surface area contributed by atoms with Crippen LogP contribution in [-0.4, -0.2) is 55.7 Å². The molecule has 0 saturated carbocycles. The van der Waals surface area contributed by atoms with Crippen LogP contribution >= 0.6 is 0 Å². The van der Waals surface area contributed by atoms with Crippen LogP contribution in [0.15, 0.2) is 24.3 Å². The molecule has 7 N–H and O–H groups in total. The summed E-state index contributed by atoms with van der Waals surface area (Å²) in [6.45, 7) is 2.78. The summed E-state index contributed by atoms with van der Waals surface area (Å²) in [5.74, 6) is -2.04. The summed E-state index contributed by atoms with van der Waals surface area (Å²) < 4.78 is 0. The molecule has 1 amide bonds. The number of rotatable bonds is 9. The van der Waals surface area contributed by atoms with Gasteiger partial charge >= 0.3 is 11.9 Å². The van der Waals surface area contributed by atoms with Crippen LogP contribution < -0.4 is 16.4 Å². The molecule has 3 atom stereocenters. The first kappa shape index (κ1) is 23.8. The molecule has 0 spiro atoms. The lowest BCUT2D eigenvalue weighted by Gasteiger charge is -2.30. The normalized spacial score (nSPS) is 16.7. The second kappa shape index (κ2) is 10.2. The van der Waals surface area contributed by atoms with Crippen molar-refractivity contribution >= 4 is 29.6 Å². The predicted octanol–water partition coefficient (Wildman–Crippen LogP) is 1.28. The highest BCUT2D eigenvalue weighted by molar-refractivity contribution is 5.96. The van der Waals surface area contributed by atoms with Gasteiger partial charge in [0.15, 0.2) is 0 Å². The molecule has 0 fully saturated rings. The number of benzene rings is 1. The number of carbonyl (C=O) groups excluding carboxylic acids is 1. The molecule has 0 aliphatic carbocycles. The summed E-state index contributed by atoms with van der Waals surface area (Å²) in [4.78, 5) is 42.3.